The molecule has 1 fully saturated rings. The van der Waals surface area contributed by atoms with Gasteiger partial charge in [0, 0.05) is 10.4 Å². The smallest absolute Gasteiger partial charge is 0.315 e. The van der Waals surface area contributed by atoms with E-state index >= 15 is 0 Å². The molecule has 0 unspecified atom stereocenters. The van der Waals surface area contributed by atoms with E-state index in [1.54, 1.807) is 0 Å². The van der Waals surface area contributed by atoms with Gasteiger partial charge in [-0.2, -0.15) is 0 Å². The number of aliphatic carboxylic acids is 1. The van der Waals surface area contributed by atoms with Crippen LogP contribution in [0.4, 0.5) is 0 Å². The van der Waals surface area contributed by atoms with E-state index in [1.165, 1.54) is 11.3 Å². The number of benzene rings is 1. The van der Waals surface area contributed by atoms with Crippen molar-refractivity contribution in [1.29, 1.82) is 0 Å². The molecule has 1 aliphatic carbocycles. The molecule has 0 radical (unpaired) electrons. The maximum Gasteiger partial charge on any atom is 0.315 e. The molecule has 0 amide bonds. The number of aromatic nitrogens is 1. The zero-order valence-electron chi connectivity index (χ0n) is 10.0. The summed E-state index contributed by atoms with van der Waals surface area (Å²) in [5.41, 5.74) is 1.27. The van der Waals surface area contributed by atoms with E-state index in [0.29, 0.717) is 0 Å². The minimum Gasteiger partial charge on any atom is -0.481 e. The van der Waals surface area contributed by atoms with E-state index in [0.717, 1.165) is 34.0 Å². The maximum absolute atomic E-state index is 11.4. The summed E-state index contributed by atoms with van der Waals surface area (Å²) in [4.78, 5) is 16.8. The second kappa shape index (κ2) is 3.92. The Balaban J connectivity index is 2.05. The van der Waals surface area contributed by atoms with Gasteiger partial charge < -0.3 is 5.11 Å². The van der Waals surface area contributed by atoms with Gasteiger partial charge in [-0.05, 0) is 19.8 Å². The topological polar surface area (TPSA) is 50.2 Å². The summed E-state index contributed by atoms with van der Waals surface area (Å²) in [6.07, 6.45) is 1.47. The molecule has 1 aliphatic rings. The van der Waals surface area contributed by atoms with Crippen LogP contribution in [-0.4, -0.2) is 16.1 Å². The molecule has 1 heterocycles. The average Bonchev–Trinajstić information content (AvgIpc) is 3.09. The Morgan fingerprint density at radius 2 is 2.00 bits per heavy atom. The lowest BCUT2D eigenvalue weighted by atomic mass is 10.0. The number of aryl methyl sites for hydroxylation is 1. The maximum atomic E-state index is 11.4. The van der Waals surface area contributed by atoms with E-state index in [2.05, 4.69) is 4.98 Å². The molecule has 1 aromatic heterocycles. The lowest BCUT2D eigenvalue weighted by molar-refractivity contribution is -0.139. The summed E-state index contributed by atoms with van der Waals surface area (Å²) in [6, 6.07) is 9.90. The van der Waals surface area contributed by atoms with E-state index < -0.39 is 11.4 Å². The van der Waals surface area contributed by atoms with Crippen LogP contribution in [0.3, 0.4) is 0 Å². The zero-order chi connectivity index (χ0) is 12.8. The third kappa shape index (κ3) is 1.64. The minimum atomic E-state index is -0.714. The second-order valence-corrected chi connectivity index (χ2v) is 5.69. The van der Waals surface area contributed by atoms with Crippen LogP contribution >= 0.6 is 11.3 Å². The van der Waals surface area contributed by atoms with Crippen molar-refractivity contribution in [1.82, 2.24) is 4.98 Å². The highest BCUT2D eigenvalue weighted by molar-refractivity contribution is 7.15. The SMILES string of the molecule is Cc1nc(-c2ccccc2)sc1C1(C(=O)O)CC1. The Morgan fingerprint density at radius 1 is 1.33 bits per heavy atom. The highest BCUT2D eigenvalue weighted by atomic mass is 32.1. The van der Waals surface area contributed by atoms with Crippen LogP contribution in [0.2, 0.25) is 0 Å². The Labute approximate surface area is 109 Å². The molecule has 0 saturated heterocycles. The molecule has 3 rings (SSSR count). The summed E-state index contributed by atoms with van der Waals surface area (Å²) in [6.45, 7) is 1.90. The largest absolute Gasteiger partial charge is 0.481 e. The molecule has 92 valence electrons. The molecule has 0 spiro atoms. The first-order valence-electron chi connectivity index (χ1n) is 5.90. The number of nitrogens with zero attached hydrogens (tertiary/aromatic N) is 1. The van der Waals surface area contributed by atoms with Gasteiger partial charge in [0.05, 0.1) is 5.69 Å². The number of carboxylic acids is 1. The van der Waals surface area contributed by atoms with Gasteiger partial charge >= 0.3 is 5.97 Å². The Morgan fingerprint density at radius 3 is 2.56 bits per heavy atom. The predicted molar refractivity (Wildman–Crippen MR) is 70.8 cm³/mol. The van der Waals surface area contributed by atoms with Crippen LogP contribution in [0.15, 0.2) is 30.3 Å². The van der Waals surface area contributed by atoms with Crippen molar-refractivity contribution >= 4 is 17.3 Å². The van der Waals surface area contributed by atoms with Crippen molar-refractivity contribution in [3.8, 4) is 10.6 Å². The van der Waals surface area contributed by atoms with Gasteiger partial charge in [-0.1, -0.05) is 30.3 Å². The third-order valence-corrected chi connectivity index (χ3v) is 4.82. The number of hydrogen-bond donors (Lipinski definition) is 1. The number of rotatable bonds is 3. The minimum absolute atomic E-state index is 0.644. The van der Waals surface area contributed by atoms with Gasteiger partial charge in [-0.15, -0.1) is 11.3 Å². The molecule has 1 N–H and O–H groups in total. The molecule has 0 bridgehead atoms. The zero-order valence-corrected chi connectivity index (χ0v) is 10.8. The van der Waals surface area contributed by atoms with Crippen molar-refractivity contribution < 1.29 is 9.90 Å². The van der Waals surface area contributed by atoms with Gasteiger partial charge in [-0.25, -0.2) is 4.98 Å². The van der Waals surface area contributed by atoms with E-state index in [1.807, 2.05) is 37.3 Å². The quantitative estimate of drug-likeness (QED) is 0.920. The van der Waals surface area contributed by atoms with Crippen molar-refractivity contribution in [2.75, 3.05) is 0 Å². The molecule has 0 aliphatic heterocycles. The summed E-state index contributed by atoms with van der Waals surface area (Å²) in [5.74, 6) is -0.714. The van der Waals surface area contributed by atoms with Crippen molar-refractivity contribution in [2.45, 2.75) is 25.2 Å². The number of carboxylic acid groups (broad SMARTS) is 1. The molecular formula is C14H13NO2S. The molecule has 18 heavy (non-hydrogen) atoms. The molecule has 1 saturated carbocycles. The fourth-order valence-corrected chi connectivity index (χ4v) is 3.52. The van der Waals surface area contributed by atoms with Gasteiger partial charge in [0.15, 0.2) is 0 Å². The third-order valence-electron chi connectivity index (χ3n) is 3.41. The van der Waals surface area contributed by atoms with Crippen LogP contribution < -0.4 is 0 Å². The lowest BCUT2D eigenvalue weighted by Crippen LogP contribution is -2.18. The van der Waals surface area contributed by atoms with Crippen molar-refractivity contribution in [3.05, 3.63) is 40.9 Å². The molecular weight excluding hydrogens is 246 g/mol. The normalized spacial score (nSPS) is 16.5. The Kier molecular flexibility index (Phi) is 2.48. The van der Waals surface area contributed by atoms with E-state index in [4.69, 9.17) is 0 Å². The van der Waals surface area contributed by atoms with Crippen LogP contribution in [0.1, 0.15) is 23.4 Å². The van der Waals surface area contributed by atoms with Crippen LogP contribution in [0.25, 0.3) is 10.6 Å². The summed E-state index contributed by atoms with van der Waals surface area (Å²) in [5, 5.41) is 10.3. The van der Waals surface area contributed by atoms with Crippen molar-refractivity contribution in [2.24, 2.45) is 0 Å². The van der Waals surface area contributed by atoms with Gasteiger partial charge in [0.1, 0.15) is 10.4 Å². The molecule has 4 heteroatoms. The van der Waals surface area contributed by atoms with Crippen LogP contribution in [-0.2, 0) is 10.2 Å². The predicted octanol–water partition coefficient (Wildman–Crippen LogP) is 3.23. The van der Waals surface area contributed by atoms with Crippen LogP contribution in [0.5, 0.6) is 0 Å². The average molecular weight is 259 g/mol. The standard InChI is InChI=1S/C14H13NO2S/c1-9-11(14(7-8-14)13(16)17)18-12(15-9)10-5-3-2-4-6-10/h2-6H,7-8H2,1H3,(H,16,17). The van der Waals surface area contributed by atoms with Gasteiger partial charge in [0.2, 0.25) is 0 Å². The first-order chi connectivity index (χ1) is 8.63. The molecule has 0 atom stereocenters. The summed E-state index contributed by atoms with van der Waals surface area (Å²) < 4.78 is 0. The number of carbonyl (C=O) groups is 1. The van der Waals surface area contributed by atoms with E-state index in [9.17, 15) is 9.90 Å². The second-order valence-electron chi connectivity index (χ2n) is 4.69. The Hall–Kier alpha value is -1.68. The monoisotopic (exact) mass is 259 g/mol. The first-order valence-corrected chi connectivity index (χ1v) is 6.72. The fraction of sp³-hybridized carbons (Fsp3) is 0.286. The lowest BCUT2D eigenvalue weighted by Gasteiger charge is -2.06. The molecule has 3 nitrogen and oxygen atoms in total. The first kappa shape index (κ1) is 11.4. The summed E-state index contributed by atoms with van der Waals surface area (Å²) >= 11 is 1.52. The number of hydrogen-bond acceptors (Lipinski definition) is 3. The highest BCUT2D eigenvalue weighted by Gasteiger charge is 2.54. The fourth-order valence-electron chi connectivity index (χ4n) is 2.21. The van der Waals surface area contributed by atoms with Crippen molar-refractivity contribution in [3.63, 3.8) is 0 Å². The van der Waals surface area contributed by atoms with Gasteiger partial charge in [-0.3, -0.25) is 4.79 Å². The number of thiazole rings is 1. The van der Waals surface area contributed by atoms with Crippen LogP contribution in [0, 0.1) is 6.92 Å². The molecule has 1 aromatic carbocycles. The van der Waals surface area contributed by atoms with E-state index in [-0.39, 0.29) is 0 Å². The highest BCUT2D eigenvalue weighted by Crippen LogP contribution is 2.52. The van der Waals surface area contributed by atoms with Gasteiger partial charge in [0.25, 0.3) is 0 Å². The summed E-state index contributed by atoms with van der Waals surface area (Å²) in [7, 11) is 0. The Bertz CT molecular complexity index is 600. The molecule has 2 aromatic rings.